The first-order valence-corrected chi connectivity index (χ1v) is 8.42. The molecule has 1 fully saturated rings. The van der Waals surface area contributed by atoms with Crippen molar-refractivity contribution in [1.29, 1.82) is 0 Å². The van der Waals surface area contributed by atoms with Gasteiger partial charge in [-0.3, -0.25) is 9.69 Å². The maximum Gasteiger partial charge on any atom is 0.328 e. The normalized spacial score (nSPS) is 15.2. The zero-order valence-corrected chi connectivity index (χ0v) is 15.0. The second-order valence-corrected chi connectivity index (χ2v) is 5.83. The Hall–Kier alpha value is -3.35. The molecule has 1 aliphatic heterocycles. The van der Waals surface area contributed by atoms with Gasteiger partial charge in [0.05, 0.1) is 7.11 Å². The number of urea groups is 1. The first-order chi connectivity index (χ1) is 13.0. The molecule has 0 saturated carbocycles. The van der Waals surface area contributed by atoms with Crippen LogP contribution in [0.4, 0.5) is 9.18 Å². The average Bonchev–Trinajstić information content (AvgIpc) is 2.94. The van der Waals surface area contributed by atoms with Gasteiger partial charge in [-0.2, -0.15) is 0 Å². The van der Waals surface area contributed by atoms with E-state index in [1.165, 1.54) is 13.2 Å². The predicted octanol–water partition coefficient (Wildman–Crippen LogP) is 3.33. The topological polar surface area (TPSA) is 67.9 Å². The van der Waals surface area contributed by atoms with E-state index in [1.807, 2.05) is 0 Å². The highest BCUT2D eigenvalue weighted by atomic mass is 19.1. The third-order valence-corrected chi connectivity index (χ3v) is 4.12. The molecule has 3 amide bonds. The minimum absolute atomic E-state index is 0.0590. The van der Waals surface area contributed by atoms with Gasteiger partial charge < -0.3 is 14.8 Å². The SMILES string of the molecule is CCN1C(=O)N/C(=C/c2ccc(OCc3ccccc3F)c(OC)c2)C1=O. The fourth-order valence-electron chi connectivity index (χ4n) is 2.69. The number of carbonyl (C=O) groups is 2. The standard InChI is InChI=1S/C20H19FN2O4/c1-3-23-19(24)16(22-20(23)25)10-13-8-9-17(18(11-13)26-2)27-12-14-6-4-5-7-15(14)21/h4-11H,3,12H2,1-2H3,(H,22,25)/b16-10+. The van der Waals surface area contributed by atoms with Crippen LogP contribution in [0.3, 0.4) is 0 Å². The smallest absolute Gasteiger partial charge is 0.328 e. The van der Waals surface area contributed by atoms with E-state index < -0.39 is 6.03 Å². The van der Waals surface area contributed by atoms with Gasteiger partial charge in [0.1, 0.15) is 18.1 Å². The number of amides is 3. The fraction of sp³-hybridized carbons (Fsp3) is 0.200. The number of nitrogens with zero attached hydrogens (tertiary/aromatic N) is 1. The molecule has 0 atom stereocenters. The van der Waals surface area contributed by atoms with Crippen LogP contribution in [0, 0.1) is 5.82 Å². The Morgan fingerprint density at radius 1 is 1.15 bits per heavy atom. The molecule has 27 heavy (non-hydrogen) atoms. The van der Waals surface area contributed by atoms with Gasteiger partial charge in [0.15, 0.2) is 11.5 Å². The van der Waals surface area contributed by atoms with Crippen LogP contribution >= 0.6 is 0 Å². The highest BCUT2D eigenvalue weighted by Gasteiger charge is 2.32. The van der Waals surface area contributed by atoms with E-state index in [9.17, 15) is 14.0 Å². The van der Waals surface area contributed by atoms with Crippen molar-refractivity contribution in [3.05, 3.63) is 65.1 Å². The molecule has 1 aliphatic rings. The number of hydrogen-bond acceptors (Lipinski definition) is 4. The van der Waals surface area contributed by atoms with Crippen molar-refractivity contribution in [2.75, 3.05) is 13.7 Å². The number of ether oxygens (including phenoxy) is 2. The second-order valence-electron chi connectivity index (χ2n) is 5.83. The molecule has 0 bridgehead atoms. The zero-order chi connectivity index (χ0) is 19.4. The molecular weight excluding hydrogens is 351 g/mol. The molecule has 0 unspecified atom stereocenters. The number of carbonyl (C=O) groups excluding carboxylic acids is 2. The van der Waals surface area contributed by atoms with E-state index >= 15 is 0 Å². The molecule has 0 aliphatic carbocycles. The molecule has 140 valence electrons. The first kappa shape index (κ1) is 18.4. The molecule has 7 heteroatoms. The Morgan fingerprint density at radius 3 is 2.59 bits per heavy atom. The fourth-order valence-corrected chi connectivity index (χ4v) is 2.69. The summed E-state index contributed by atoms with van der Waals surface area (Å²) in [4.78, 5) is 25.0. The van der Waals surface area contributed by atoms with Crippen molar-refractivity contribution in [3.8, 4) is 11.5 Å². The maximum atomic E-state index is 13.7. The summed E-state index contributed by atoms with van der Waals surface area (Å²) >= 11 is 0. The largest absolute Gasteiger partial charge is 0.493 e. The molecule has 0 spiro atoms. The number of benzene rings is 2. The van der Waals surface area contributed by atoms with Crippen molar-refractivity contribution in [1.82, 2.24) is 10.2 Å². The number of halogens is 1. The van der Waals surface area contributed by atoms with Gasteiger partial charge in [-0.05, 0) is 36.8 Å². The maximum absolute atomic E-state index is 13.7. The molecule has 2 aromatic rings. The summed E-state index contributed by atoms with van der Waals surface area (Å²) in [6.45, 7) is 2.09. The third kappa shape index (κ3) is 3.92. The summed E-state index contributed by atoms with van der Waals surface area (Å²) in [5, 5.41) is 2.54. The summed E-state index contributed by atoms with van der Waals surface area (Å²) in [5.74, 6) is 0.166. The summed E-state index contributed by atoms with van der Waals surface area (Å²) < 4.78 is 24.7. The Balaban J connectivity index is 1.79. The van der Waals surface area contributed by atoms with Crippen LogP contribution in [0.1, 0.15) is 18.1 Å². The summed E-state index contributed by atoms with van der Waals surface area (Å²) in [7, 11) is 1.49. The van der Waals surface area contributed by atoms with Crippen molar-refractivity contribution in [2.45, 2.75) is 13.5 Å². The third-order valence-electron chi connectivity index (χ3n) is 4.12. The average molecular weight is 370 g/mol. The number of rotatable bonds is 6. The highest BCUT2D eigenvalue weighted by Crippen LogP contribution is 2.30. The van der Waals surface area contributed by atoms with Crippen LogP contribution in [0.2, 0.25) is 0 Å². The summed E-state index contributed by atoms with van der Waals surface area (Å²) in [5.41, 5.74) is 1.29. The lowest BCUT2D eigenvalue weighted by atomic mass is 10.1. The van der Waals surface area contributed by atoms with Crippen LogP contribution in [0.15, 0.2) is 48.2 Å². The van der Waals surface area contributed by atoms with Gasteiger partial charge in [-0.25, -0.2) is 9.18 Å². The number of nitrogens with one attached hydrogen (secondary N) is 1. The van der Waals surface area contributed by atoms with Gasteiger partial charge in [0.2, 0.25) is 0 Å². The van der Waals surface area contributed by atoms with Crippen molar-refractivity contribution in [2.24, 2.45) is 0 Å². The van der Waals surface area contributed by atoms with Crippen LogP contribution in [0.25, 0.3) is 6.08 Å². The molecule has 1 N–H and O–H groups in total. The Bertz CT molecular complexity index is 911. The number of methoxy groups -OCH3 is 1. The van der Waals surface area contributed by atoms with Crippen LogP contribution in [0.5, 0.6) is 11.5 Å². The monoisotopic (exact) mass is 370 g/mol. The van der Waals surface area contributed by atoms with E-state index in [2.05, 4.69) is 5.32 Å². The van der Waals surface area contributed by atoms with Crippen molar-refractivity contribution < 1.29 is 23.5 Å². The number of likely N-dealkylation sites (N-methyl/N-ethyl adjacent to an activating group) is 1. The van der Waals surface area contributed by atoms with Gasteiger partial charge in [-0.1, -0.05) is 24.3 Å². The second kappa shape index (κ2) is 7.90. The Kier molecular flexibility index (Phi) is 5.40. The molecule has 6 nitrogen and oxygen atoms in total. The molecule has 2 aromatic carbocycles. The Morgan fingerprint density at radius 2 is 1.93 bits per heavy atom. The van der Waals surface area contributed by atoms with E-state index in [0.29, 0.717) is 29.2 Å². The van der Waals surface area contributed by atoms with E-state index in [1.54, 1.807) is 49.4 Å². The minimum atomic E-state index is -0.439. The highest BCUT2D eigenvalue weighted by molar-refractivity contribution is 6.13. The van der Waals surface area contributed by atoms with Gasteiger partial charge in [0, 0.05) is 12.1 Å². The van der Waals surface area contributed by atoms with Crippen molar-refractivity contribution in [3.63, 3.8) is 0 Å². The van der Waals surface area contributed by atoms with E-state index in [0.717, 1.165) is 4.90 Å². The molecule has 0 radical (unpaired) electrons. The van der Waals surface area contributed by atoms with Gasteiger partial charge >= 0.3 is 6.03 Å². The minimum Gasteiger partial charge on any atom is -0.493 e. The van der Waals surface area contributed by atoms with Gasteiger partial charge in [-0.15, -0.1) is 0 Å². The molecular formula is C20H19FN2O4. The van der Waals surface area contributed by atoms with Crippen LogP contribution < -0.4 is 14.8 Å². The summed E-state index contributed by atoms with van der Waals surface area (Å²) in [6, 6.07) is 11.0. The van der Waals surface area contributed by atoms with Gasteiger partial charge in [0.25, 0.3) is 5.91 Å². The lowest BCUT2D eigenvalue weighted by Crippen LogP contribution is -2.30. The predicted molar refractivity (Wildman–Crippen MR) is 97.6 cm³/mol. The molecule has 0 aromatic heterocycles. The lowest BCUT2D eigenvalue weighted by Gasteiger charge is -2.12. The van der Waals surface area contributed by atoms with Crippen molar-refractivity contribution >= 4 is 18.0 Å². The quantitative estimate of drug-likeness (QED) is 0.626. The van der Waals surface area contributed by atoms with Crippen LogP contribution in [-0.4, -0.2) is 30.5 Å². The number of imide groups is 1. The first-order valence-electron chi connectivity index (χ1n) is 8.42. The summed E-state index contributed by atoms with van der Waals surface area (Å²) in [6.07, 6.45) is 1.57. The van der Waals surface area contributed by atoms with Crippen LogP contribution in [-0.2, 0) is 11.4 Å². The molecule has 1 heterocycles. The zero-order valence-electron chi connectivity index (χ0n) is 15.0. The molecule has 1 saturated heterocycles. The van der Waals surface area contributed by atoms with E-state index in [4.69, 9.17) is 9.47 Å². The number of hydrogen-bond donors (Lipinski definition) is 1. The Labute approximate surface area is 156 Å². The molecule has 3 rings (SSSR count). The lowest BCUT2D eigenvalue weighted by molar-refractivity contribution is -0.122. The van der Waals surface area contributed by atoms with E-state index in [-0.39, 0.29) is 24.0 Å².